The number of rotatable bonds is 6. The number of esters is 1. The Bertz CT molecular complexity index is 1040. The fourth-order valence-electron chi connectivity index (χ4n) is 3.12. The van der Waals surface area contributed by atoms with E-state index in [1.807, 2.05) is 6.92 Å². The molecule has 0 aliphatic carbocycles. The number of carbonyl (C=O) groups excluding carboxylic acids is 2. The lowest BCUT2D eigenvalue weighted by Gasteiger charge is -2.20. The first-order valence-electron chi connectivity index (χ1n) is 9.47. The normalized spacial score (nSPS) is 11.1. The zero-order valence-electron chi connectivity index (χ0n) is 17.4. The summed E-state index contributed by atoms with van der Waals surface area (Å²) in [5, 5.41) is 0.692. The van der Waals surface area contributed by atoms with Crippen molar-refractivity contribution in [2.24, 2.45) is 0 Å². The predicted molar refractivity (Wildman–Crippen MR) is 116 cm³/mol. The van der Waals surface area contributed by atoms with Gasteiger partial charge in [-0.2, -0.15) is 0 Å². The Hall–Kier alpha value is -2.77. The van der Waals surface area contributed by atoms with Gasteiger partial charge in [-0.05, 0) is 55.3 Å². The lowest BCUT2D eigenvalue weighted by molar-refractivity contribution is -0.856. The molecular formula is C22H26N3O3S+. The van der Waals surface area contributed by atoms with Crippen LogP contribution in [0.3, 0.4) is 0 Å². The number of nitrogens with one attached hydrogen (secondary N) is 1. The van der Waals surface area contributed by atoms with Gasteiger partial charge in [0.15, 0.2) is 5.13 Å². The summed E-state index contributed by atoms with van der Waals surface area (Å²) in [6.07, 6.45) is 0. The van der Waals surface area contributed by atoms with E-state index >= 15 is 0 Å². The molecule has 0 fully saturated rings. The van der Waals surface area contributed by atoms with Crippen molar-refractivity contribution in [1.82, 2.24) is 4.98 Å². The van der Waals surface area contributed by atoms with E-state index in [1.165, 1.54) is 28.9 Å². The van der Waals surface area contributed by atoms with Crippen LogP contribution in [0.25, 0.3) is 10.2 Å². The molecule has 1 amide bonds. The molecule has 1 aromatic heterocycles. The third-order valence-corrected chi connectivity index (χ3v) is 5.71. The molecule has 0 atom stereocenters. The van der Waals surface area contributed by atoms with Crippen molar-refractivity contribution in [2.45, 2.75) is 13.8 Å². The molecule has 0 aliphatic heterocycles. The topological polar surface area (TPSA) is 63.9 Å². The summed E-state index contributed by atoms with van der Waals surface area (Å²) in [5.41, 5.74) is 4.15. The molecule has 7 heteroatoms. The van der Waals surface area contributed by atoms with E-state index in [9.17, 15) is 9.59 Å². The Labute approximate surface area is 174 Å². The molecular weight excluding hydrogens is 386 g/mol. The quantitative estimate of drug-likeness (QED) is 0.632. The SMILES string of the molecule is COC(=O)c1ccc(C(=O)N(CC[NH+](C)C)c2nc3c(C)cc(C)cc3s2)cc1. The van der Waals surface area contributed by atoms with Crippen LogP contribution in [0.2, 0.25) is 0 Å². The van der Waals surface area contributed by atoms with Gasteiger partial charge in [0.1, 0.15) is 0 Å². The first kappa shape index (κ1) is 21.0. The van der Waals surface area contributed by atoms with Crippen LogP contribution in [0, 0.1) is 13.8 Å². The van der Waals surface area contributed by atoms with E-state index in [1.54, 1.807) is 29.2 Å². The first-order valence-corrected chi connectivity index (χ1v) is 10.3. The van der Waals surface area contributed by atoms with Gasteiger partial charge in [0.2, 0.25) is 0 Å². The van der Waals surface area contributed by atoms with Gasteiger partial charge < -0.3 is 9.64 Å². The molecule has 0 radical (unpaired) electrons. The number of carbonyl (C=O) groups is 2. The van der Waals surface area contributed by atoms with Gasteiger partial charge in [-0.3, -0.25) is 9.69 Å². The molecule has 29 heavy (non-hydrogen) atoms. The lowest BCUT2D eigenvalue weighted by Crippen LogP contribution is -3.06. The molecule has 0 saturated heterocycles. The smallest absolute Gasteiger partial charge is 0.337 e. The maximum Gasteiger partial charge on any atom is 0.337 e. The number of likely N-dealkylation sites (N-methyl/N-ethyl adjacent to an activating group) is 1. The Balaban J connectivity index is 1.97. The van der Waals surface area contributed by atoms with Gasteiger partial charge in [0.25, 0.3) is 5.91 Å². The fraction of sp³-hybridized carbons (Fsp3) is 0.318. The summed E-state index contributed by atoms with van der Waals surface area (Å²) in [6, 6.07) is 10.8. The summed E-state index contributed by atoms with van der Waals surface area (Å²) < 4.78 is 5.80. The number of ether oxygens (including phenoxy) is 1. The molecule has 0 spiro atoms. The molecule has 3 rings (SSSR count). The van der Waals surface area contributed by atoms with E-state index in [4.69, 9.17) is 9.72 Å². The first-order chi connectivity index (χ1) is 13.8. The van der Waals surface area contributed by atoms with Crippen molar-refractivity contribution in [3.05, 3.63) is 58.7 Å². The van der Waals surface area contributed by atoms with Crippen molar-refractivity contribution in [3.63, 3.8) is 0 Å². The number of benzene rings is 2. The summed E-state index contributed by atoms with van der Waals surface area (Å²) in [6.45, 7) is 5.45. The van der Waals surface area contributed by atoms with Crippen LogP contribution in [0.1, 0.15) is 31.8 Å². The molecule has 0 unspecified atom stereocenters. The highest BCUT2D eigenvalue weighted by Gasteiger charge is 2.23. The van der Waals surface area contributed by atoms with Gasteiger partial charge in [0, 0.05) is 5.56 Å². The highest BCUT2D eigenvalue weighted by atomic mass is 32.1. The summed E-state index contributed by atoms with van der Waals surface area (Å²) in [5.74, 6) is -0.551. The van der Waals surface area contributed by atoms with Crippen LogP contribution in [-0.4, -0.2) is 51.2 Å². The van der Waals surface area contributed by atoms with Crippen LogP contribution < -0.4 is 9.80 Å². The Morgan fingerprint density at radius 3 is 2.38 bits per heavy atom. The van der Waals surface area contributed by atoms with Gasteiger partial charge in [-0.1, -0.05) is 17.4 Å². The predicted octanol–water partition coefficient (Wildman–Crippen LogP) is 2.49. The molecule has 6 nitrogen and oxygen atoms in total. The van der Waals surface area contributed by atoms with Gasteiger partial charge in [-0.15, -0.1) is 0 Å². The largest absolute Gasteiger partial charge is 0.465 e. The van der Waals surface area contributed by atoms with Crippen LogP contribution in [-0.2, 0) is 4.74 Å². The minimum absolute atomic E-state index is 0.129. The number of aromatic nitrogens is 1. The number of fused-ring (bicyclic) bond motifs is 1. The molecule has 1 heterocycles. The molecule has 0 bridgehead atoms. The van der Waals surface area contributed by atoms with Gasteiger partial charge in [0.05, 0.1) is 50.1 Å². The van der Waals surface area contributed by atoms with Crippen molar-refractivity contribution in [3.8, 4) is 0 Å². The molecule has 2 aromatic carbocycles. The van der Waals surface area contributed by atoms with Crippen molar-refractivity contribution < 1.29 is 19.2 Å². The summed E-state index contributed by atoms with van der Waals surface area (Å²) in [7, 11) is 5.45. The molecule has 1 N–H and O–H groups in total. The van der Waals surface area contributed by atoms with Crippen molar-refractivity contribution in [1.29, 1.82) is 0 Å². The van der Waals surface area contributed by atoms with E-state index in [0.717, 1.165) is 22.3 Å². The van der Waals surface area contributed by atoms with Crippen LogP contribution in [0.15, 0.2) is 36.4 Å². The second-order valence-electron chi connectivity index (χ2n) is 7.41. The van der Waals surface area contributed by atoms with Crippen molar-refractivity contribution >= 4 is 38.6 Å². The number of anilines is 1. The number of amides is 1. The van der Waals surface area contributed by atoms with Crippen LogP contribution in [0.5, 0.6) is 0 Å². The maximum atomic E-state index is 13.3. The van der Waals surface area contributed by atoms with Crippen molar-refractivity contribution in [2.75, 3.05) is 39.2 Å². The molecule has 0 aliphatic rings. The summed E-state index contributed by atoms with van der Waals surface area (Å²) in [4.78, 5) is 32.7. The average molecular weight is 413 g/mol. The molecule has 152 valence electrons. The second kappa shape index (κ2) is 8.71. The lowest BCUT2D eigenvalue weighted by atomic mass is 10.1. The minimum Gasteiger partial charge on any atom is -0.465 e. The standard InChI is InChI=1S/C22H25N3O3S/c1-14-12-15(2)19-18(13-14)29-22(23-19)25(11-10-24(3)4)20(26)16-6-8-17(9-7-16)21(27)28-5/h6-9,12-13H,10-11H2,1-5H3/p+1. The maximum absolute atomic E-state index is 13.3. The zero-order chi connectivity index (χ0) is 21.1. The molecule has 0 saturated carbocycles. The minimum atomic E-state index is -0.422. The fourth-order valence-corrected chi connectivity index (χ4v) is 4.28. The highest BCUT2D eigenvalue weighted by molar-refractivity contribution is 7.22. The van der Waals surface area contributed by atoms with Crippen LogP contribution >= 0.6 is 11.3 Å². The van der Waals surface area contributed by atoms with Gasteiger partial charge >= 0.3 is 5.97 Å². The van der Waals surface area contributed by atoms with Gasteiger partial charge in [-0.25, -0.2) is 9.78 Å². The number of nitrogens with zero attached hydrogens (tertiary/aromatic N) is 2. The number of methoxy groups -OCH3 is 1. The monoisotopic (exact) mass is 412 g/mol. The second-order valence-corrected chi connectivity index (χ2v) is 8.42. The summed E-state index contributed by atoms with van der Waals surface area (Å²) >= 11 is 1.53. The van der Waals surface area contributed by atoms with E-state index < -0.39 is 5.97 Å². The Morgan fingerprint density at radius 2 is 1.76 bits per heavy atom. The number of hydrogen-bond donors (Lipinski definition) is 1. The van der Waals surface area contributed by atoms with E-state index in [2.05, 4.69) is 33.2 Å². The zero-order valence-corrected chi connectivity index (χ0v) is 18.2. The number of aryl methyl sites for hydroxylation is 2. The highest BCUT2D eigenvalue weighted by Crippen LogP contribution is 2.32. The Kier molecular flexibility index (Phi) is 6.30. The average Bonchev–Trinajstić information content (AvgIpc) is 3.11. The Morgan fingerprint density at radius 1 is 1.10 bits per heavy atom. The number of hydrogen-bond acceptors (Lipinski definition) is 5. The number of thiazole rings is 1. The number of quaternary nitrogens is 1. The van der Waals surface area contributed by atoms with E-state index in [-0.39, 0.29) is 5.91 Å². The molecule has 3 aromatic rings. The third-order valence-electron chi connectivity index (χ3n) is 4.68. The van der Waals surface area contributed by atoms with E-state index in [0.29, 0.717) is 22.8 Å². The third kappa shape index (κ3) is 4.63. The van der Waals surface area contributed by atoms with Crippen LogP contribution in [0.4, 0.5) is 5.13 Å².